The van der Waals surface area contributed by atoms with Crippen LogP contribution in [0, 0.1) is 0 Å². The van der Waals surface area contributed by atoms with Gasteiger partial charge in [-0.1, -0.05) is 18.0 Å². The third kappa shape index (κ3) is 4.65. The van der Waals surface area contributed by atoms with Crippen molar-refractivity contribution in [3.05, 3.63) is 28.8 Å². The average Bonchev–Trinajstić information content (AvgIpc) is 3.19. The highest BCUT2D eigenvalue weighted by atomic mass is 35.5. The Balaban J connectivity index is 1.84. The summed E-state index contributed by atoms with van der Waals surface area (Å²) in [5.41, 5.74) is 0.342. The topological polar surface area (TPSA) is 66.9 Å². The van der Waals surface area contributed by atoms with E-state index >= 15 is 0 Å². The number of hydrogen-bond donors (Lipinski definition) is 0. The van der Waals surface area contributed by atoms with Crippen molar-refractivity contribution in [1.29, 1.82) is 0 Å². The van der Waals surface area contributed by atoms with Crippen molar-refractivity contribution in [2.75, 3.05) is 32.8 Å². The van der Waals surface area contributed by atoms with Gasteiger partial charge in [-0.25, -0.2) is 8.42 Å². The molecule has 1 aromatic rings. The molecule has 1 atom stereocenters. The SMILES string of the molecule is CCN(CC1CCCO1)C(=O)c1ccc(Cl)c(S(=O)(=O)N2CCCCC2)c1. The summed E-state index contributed by atoms with van der Waals surface area (Å²) >= 11 is 6.20. The third-order valence-corrected chi connectivity index (χ3v) is 7.61. The number of ether oxygens (including phenoxy) is 1. The van der Waals surface area contributed by atoms with Gasteiger partial charge in [0.2, 0.25) is 10.0 Å². The maximum Gasteiger partial charge on any atom is 0.253 e. The molecule has 2 heterocycles. The zero-order valence-corrected chi connectivity index (χ0v) is 17.3. The van der Waals surface area contributed by atoms with Crippen molar-refractivity contribution in [3.63, 3.8) is 0 Å². The van der Waals surface area contributed by atoms with Crippen LogP contribution in [0.4, 0.5) is 0 Å². The zero-order chi connectivity index (χ0) is 19.4. The first-order valence-electron chi connectivity index (χ1n) is 9.64. The molecule has 1 aromatic carbocycles. The number of benzene rings is 1. The van der Waals surface area contributed by atoms with Crippen LogP contribution in [0.2, 0.25) is 5.02 Å². The van der Waals surface area contributed by atoms with Crippen LogP contribution in [0.15, 0.2) is 23.1 Å². The fraction of sp³-hybridized carbons (Fsp3) is 0.632. The number of halogens is 1. The molecule has 6 nitrogen and oxygen atoms in total. The molecule has 2 aliphatic heterocycles. The maximum atomic E-state index is 13.0. The van der Waals surface area contributed by atoms with Crippen molar-refractivity contribution in [2.45, 2.75) is 50.0 Å². The second-order valence-corrected chi connectivity index (χ2v) is 9.40. The second kappa shape index (κ2) is 8.90. The Morgan fingerprint density at radius 1 is 1.26 bits per heavy atom. The minimum atomic E-state index is -3.70. The van der Waals surface area contributed by atoms with Gasteiger partial charge in [-0.2, -0.15) is 4.31 Å². The summed E-state index contributed by atoms with van der Waals surface area (Å²) in [6.45, 7) is 4.69. The number of rotatable bonds is 6. The van der Waals surface area contributed by atoms with Gasteiger partial charge in [0.1, 0.15) is 4.90 Å². The van der Waals surface area contributed by atoms with E-state index in [-0.39, 0.29) is 21.9 Å². The second-order valence-electron chi connectivity index (χ2n) is 7.09. The van der Waals surface area contributed by atoms with E-state index in [9.17, 15) is 13.2 Å². The molecule has 1 unspecified atom stereocenters. The fourth-order valence-corrected chi connectivity index (χ4v) is 5.67. The van der Waals surface area contributed by atoms with E-state index in [0.29, 0.717) is 31.7 Å². The van der Waals surface area contributed by atoms with E-state index in [0.717, 1.165) is 38.7 Å². The van der Waals surface area contributed by atoms with Crippen molar-refractivity contribution >= 4 is 27.5 Å². The van der Waals surface area contributed by atoms with Crippen LogP contribution in [0.25, 0.3) is 0 Å². The lowest BCUT2D eigenvalue weighted by atomic mass is 10.1. The van der Waals surface area contributed by atoms with Crippen LogP contribution in [0.3, 0.4) is 0 Å². The van der Waals surface area contributed by atoms with Crippen LogP contribution in [-0.4, -0.2) is 62.4 Å². The van der Waals surface area contributed by atoms with Gasteiger partial charge in [-0.3, -0.25) is 4.79 Å². The standard InChI is InChI=1S/C19H27ClN2O4S/c1-2-21(14-16-7-6-12-26-16)19(23)15-8-9-17(20)18(13-15)27(24,25)22-10-4-3-5-11-22/h8-9,13,16H,2-7,10-12,14H2,1H3. The highest BCUT2D eigenvalue weighted by Gasteiger charge is 2.30. The number of carbonyl (C=O) groups excluding carboxylic acids is 1. The normalized spacial score (nSPS) is 21.3. The first-order chi connectivity index (χ1) is 12.9. The quantitative estimate of drug-likeness (QED) is 0.717. The number of likely N-dealkylation sites (N-methyl/N-ethyl adjacent to an activating group) is 1. The van der Waals surface area contributed by atoms with Gasteiger partial charge in [0, 0.05) is 38.3 Å². The van der Waals surface area contributed by atoms with Gasteiger partial charge in [0.15, 0.2) is 0 Å². The number of carbonyl (C=O) groups is 1. The Labute approximate surface area is 166 Å². The lowest BCUT2D eigenvalue weighted by Gasteiger charge is -2.27. The lowest BCUT2D eigenvalue weighted by Crippen LogP contribution is -2.38. The van der Waals surface area contributed by atoms with Gasteiger partial charge in [0.05, 0.1) is 11.1 Å². The van der Waals surface area contributed by atoms with Crippen LogP contribution in [0.5, 0.6) is 0 Å². The molecule has 2 fully saturated rings. The number of piperidine rings is 1. The largest absolute Gasteiger partial charge is 0.376 e. The first kappa shape index (κ1) is 20.6. The van der Waals surface area contributed by atoms with E-state index in [1.54, 1.807) is 11.0 Å². The molecule has 0 saturated carbocycles. The van der Waals surface area contributed by atoms with Crippen LogP contribution in [0.1, 0.15) is 49.4 Å². The monoisotopic (exact) mass is 414 g/mol. The Morgan fingerprint density at radius 2 is 2.00 bits per heavy atom. The van der Waals surface area contributed by atoms with Crippen molar-refractivity contribution in [3.8, 4) is 0 Å². The molecular weight excluding hydrogens is 388 g/mol. The molecule has 150 valence electrons. The van der Waals surface area contributed by atoms with Gasteiger partial charge < -0.3 is 9.64 Å². The number of amides is 1. The average molecular weight is 415 g/mol. The van der Waals surface area contributed by atoms with E-state index in [1.165, 1.54) is 16.4 Å². The molecule has 0 N–H and O–H groups in total. The summed E-state index contributed by atoms with van der Waals surface area (Å²) in [7, 11) is -3.70. The molecule has 3 rings (SSSR count). The van der Waals surface area contributed by atoms with Gasteiger partial charge in [-0.05, 0) is 50.8 Å². The van der Waals surface area contributed by atoms with E-state index < -0.39 is 10.0 Å². The summed E-state index contributed by atoms with van der Waals surface area (Å²) < 4.78 is 33.1. The predicted octanol–water partition coefficient (Wildman–Crippen LogP) is 3.16. The molecule has 0 bridgehead atoms. The summed E-state index contributed by atoms with van der Waals surface area (Å²) in [5, 5.41) is 0.152. The summed E-state index contributed by atoms with van der Waals surface area (Å²) in [6.07, 6.45) is 4.74. The summed E-state index contributed by atoms with van der Waals surface area (Å²) in [4.78, 5) is 14.7. The maximum absolute atomic E-state index is 13.0. The molecule has 2 aliphatic rings. The van der Waals surface area contributed by atoms with Crippen molar-refractivity contribution in [1.82, 2.24) is 9.21 Å². The van der Waals surface area contributed by atoms with E-state index in [2.05, 4.69) is 0 Å². The highest BCUT2D eigenvalue weighted by molar-refractivity contribution is 7.89. The molecule has 27 heavy (non-hydrogen) atoms. The fourth-order valence-electron chi connectivity index (χ4n) is 3.65. The molecule has 0 aliphatic carbocycles. The zero-order valence-electron chi connectivity index (χ0n) is 15.7. The molecule has 8 heteroatoms. The summed E-state index contributed by atoms with van der Waals surface area (Å²) in [5.74, 6) is -0.195. The number of nitrogens with zero attached hydrogens (tertiary/aromatic N) is 2. The number of sulfonamides is 1. The first-order valence-corrected chi connectivity index (χ1v) is 11.5. The van der Waals surface area contributed by atoms with E-state index in [4.69, 9.17) is 16.3 Å². The molecule has 2 saturated heterocycles. The lowest BCUT2D eigenvalue weighted by molar-refractivity contribution is 0.0539. The molecule has 0 spiro atoms. The third-order valence-electron chi connectivity index (χ3n) is 5.23. The molecule has 1 amide bonds. The van der Waals surface area contributed by atoms with Crippen molar-refractivity contribution in [2.24, 2.45) is 0 Å². The molecule has 0 radical (unpaired) electrons. The highest BCUT2D eigenvalue weighted by Crippen LogP contribution is 2.28. The predicted molar refractivity (Wildman–Crippen MR) is 105 cm³/mol. The minimum absolute atomic E-state index is 0.0186. The smallest absolute Gasteiger partial charge is 0.253 e. The number of hydrogen-bond acceptors (Lipinski definition) is 4. The Kier molecular flexibility index (Phi) is 6.78. The van der Waals surface area contributed by atoms with Crippen LogP contribution >= 0.6 is 11.6 Å². The van der Waals surface area contributed by atoms with Gasteiger partial charge in [-0.15, -0.1) is 0 Å². The Hall–Kier alpha value is -1.15. The minimum Gasteiger partial charge on any atom is -0.376 e. The van der Waals surface area contributed by atoms with Crippen LogP contribution in [-0.2, 0) is 14.8 Å². The summed E-state index contributed by atoms with van der Waals surface area (Å²) in [6, 6.07) is 4.52. The Morgan fingerprint density at radius 3 is 2.63 bits per heavy atom. The molecular formula is C19H27ClN2O4S. The van der Waals surface area contributed by atoms with Crippen molar-refractivity contribution < 1.29 is 17.9 Å². The van der Waals surface area contributed by atoms with Gasteiger partial charge in [0.25, 0.3) is 5.91 Å². The Bertz CT molecular complexity index is 772. The van der Waals surface area contributed by atoms with Crippen LogP contribution < -0.4 is 0 Å². The van der Waals surface area contributed by atoms with Gasteiger partial charge >= 0.3 is 0 Å². The molecule has 0 aromatic heterocycles. The van der Waals surface area contributed by atoms with E-state index in [1.807, 2.05) is 6.92 Å².